The van der Waals surface area contributed by atoms with Gasteiger partial charge >= 0.3 is 0 Å². The molecular formula is C30H30FN3O4S. The summed E-state index contributed by atoms with van der Waals surface area (Å²) in [5.41, 5.74) is 2.89. The van der Waals surface area contributed by atoms with Gasteiger partial charge in [-0.1, -0.05) is 43.8 Å². The molecule has 202 valence electrons. The van der Waals surface area contributed by atoms with Crippen LogP contribution in [0.3, 0.4) is 0 Å². The average molecular weight is 548 g/mol. The fourth-order valence-corrected chi connectivity index (χ4v) is 4.99. The monoisotopic (exact) mass is 547 g/mol. The van der Waals surface area contributed by atoms with Gasteiger partial charge in [-0.15, -0.1) is 0 Å². The van der Waals surface area contributed by atoms with Crippen molar-refractivity contribution in [2.75, 3.05) is 30.9 Å². The molecule has 0 aliphatic carbocycles. The molecule has 3 aromatic rings. The second-order valence-corrected chi connectivity index (χ2v) is 10.4. The summed E-state index contributed by atoms with van der Waals surface area (Å²) in [6.45, 7) is 4.87. The summed E-state index contributed by atoms with van der Waals surface area (Å²) < 4.78 is 18.3. The number of carbonyl (C=O) groups excluding carboxylic acids is 3. The summed E-state index contributed by atoms with van der Waals surface area (Å²) in [5, 5.41) is 5.95. The molecule has 0 radical (unpaired) electrons. The lowest BCUT2D eigenvalue weighted by molar-refractivity contribution is -0.137. The van der Waals surface area contributed by atoms with Gasteiger partial charge in [0.05, 0.1) is 0 Å². The Morgan fingerprint density at radius 3 is 2.36 bits per heavy atom. The first-order chi connectivity index (χ1) is 18.8. The molecule has 2 N–H and O–H groups in total. The molecule has 0 fully saturated rings. The van der Waals surface area contributed by atoms with Crippen LogP contribution in [0.15, 0.2) is 88.3 Å². The van der Waals surface area contributed by atoms with Gasteiger partial charge in [-0.05, 0) is 72.5 Å². The second-order valence-electron chi connectivity index (χ2n) is 9.31. The summed E-state index contributed by atoms with van der Waals surface area (Å²) in [4.78, 5) is 41.5. The van der Waals surface area contributed by atoms with Gasteiger partial charge in [-0.3, -0.25) is 19.3 Å². The van der Waals surface area contributed by atoms with Gasteiger partial charge < -0.3 is 15.4 Å². The van der Waals surface area contributed by atoms with Crippen LogP contribution in [0.5, 0.6) is 0 Å². The molecule has 0 spiro atoms. The van der Waals surface area contributed by atoms with E-state index in [1.165, 1.54) is 34.7 Å². The summed E-state index contributed by atoms with van der Waals surface area (Å²) in [6, 6.07) is 20.0. The molecule has 3 amide bonds. The lowest BCUT2D eigenvalue weighted by Crippen LogP contribution is -2.33. The number of imide groups is 1. The highest BCUT2D eigenvalue weighted by molar-refractivity contribution is 8.04. The van der Waals surface area contributed by atoms with E-state index in [0.717, 1.165) is 11.8 Å². The number of methoxy groups -OCH3 is 1. The molecule has 0 atom stereocenters. The van der Waals surface area contributed by atoms with E-state index in [-0.39, 0.29) is 29.0 Å². The molecule has 0 saturated carbocycles. The van der Waals surface area contributed by atoms with Crippen LogP contribution in [0.25, 0.3) is 0 Å². The Morgan fingerprint density at radius 2 is 1.69 bits per heavy atom. The van der Waals surface area contributed by atoms with Gasteiger partial charge in [0.25, 0.3) is 17.7 Å². The van der Waals surface area contributed by atoms with Crippen LogP contribution in [0.4, 0.5) is 15.8 Å². The fourth-order valence-electron chi connectivity index (χ4n) is 3.98. The van der Waals surface area contributed by atoms with Crippen molar-refractivity contribution in [3.8, 4) is 0 Å². The number of thioether (sulfide) groups is 1. The number of amides is 3. The summed E-state index contributed by atoms with van der Waals surface area (Å²) in [6.07, 6.45) is 0.521. The molecule has 3 aromatic carbocycles. The average Bonchev–Trinajstić information content (AvgIpc) is 3.13. The van der Waals surface area contributed by atoms with Crippen molar-refractivity contribution >= 4 is 40.9 Å². The first kappa shape index (κ1) is 28.1. The Labute approximate surface area is 231 Å². The standard InChI is InChI=1S/C30H30FN3O4S/c1-19(2)20-10-14-23(15-11-20)32-26-27(30(37)34(29(26)36)16-5-17-38-3)39-25-7-4-6-24(18-25)33-28(35)21-8-12-22(31)13-9-21/h4,6-15,18-19,32H,5,16-17H2,1-3H3,(H,33,35). The maximum Gasteiger partial charge on any atom is 0.278 e. The number of benzene rings is 3. The van der Waals surface area contributed by atoms with Gasteiger partial charge in [0.15, 0.2) is 0 Å². The Balaban J connectivity index is 1.58. The zero-order chi connectivity index (χ0) is 27.9. The largest absolute Gasteiger partial charge is 0.385 e. The molecule has 7 nitrogen and oxygen atoms in total. The second kappa shape index (κ2) is 12.7. The number of anilines is 2. The van der Waals surface area contributed by atoms with Crippen LogP contribution in [-0.2, 0) is 14.3 Å². The lowest BCUT2D eigenvalue weighted by atomic mass is 10.0. The predicted octanol–water partition coefficient (Wildman–Crippen LogP) is 6.02. The smallest absolute Gasteiger partial charge is 0.278 e. The van der Waals surface area contributed by atoms with E-state index in [4.69, 9.17) is 4.74 Å². The summed E-state index contributed by atoms with van der Waals surface area (Å²) >= 11 is 1.15. The number of nitrogens with one attached hydrogen (secondary N) is 2. The van der Waals surface area contributed by atoms with Crippen molar-refractivity contribution in [2.45, 2.75) is 31.1 Å². The van der Waals surface area contributed by atoms with Crippen LogP contribution >= 0.6 is 11.8 Å². The molecule has 1 aliphatic rings. The third kappa shape index (κ3) is 6.93. The van der Waals surface area contributed by atoms with Crippen molar-refractivity contribution in [1.82, 2.24) is 4.90 Å². The van der Waals surface area contributed by atoms with Crippen LogP contribution in [0.2, 0.25) is 0 Å². The predicted molar refractivity (Wildman–Crippen MR) is 151 cm³/mol. The van der Waals surface area contributed by atoms with E-state index < -0.39 is 11.7 Å². The normalized spacial score (nSPS) is 13.4. The van der Waals surface area contributed by atoms with Crippen molar-refractivity contribution < 1.29 is 23.5 Å². The topological polar surface area (TPSA) is 87.7 Å². The maximum atomic E-state index is 13.4. The summed E-state index contributed by atoms with van der Waals surface area (Å²) in [7, 11) is 1.57. The third-order valence-corrected chi connectivity index (χ3v) is 7.19. The Hall–Kier alpha value is -3.95. The van der Waals surface area contributed by atoms with Gasteiger partial charge in [0.2, 0.25) is 0 Å². The van der Waals surface area contributed by atoms with Crippen molar-refractivity contribution in [2.24, 2.45) is 0 Å². The number of hydrogen-bond acceptors (Lipinski definition) is 6. The minimum absolute atomic E-state index is 0.209. The number of rotatable bonds is 11. The van der Waals surface area contributed by atoms with Crippen LogP contribution in [-0.4, -0.2) is 42.9 Å². The molecule has 4 rings (SSSR count). The molecule has 39 heavy (non-hydrogen) atoms. The van der Waals surface area contributed by atoms with Crippen LogP contribution in [0, 0.1) is 5.82 Å². The number of ether oxygens (including phenoxy) is 1. The molecule has 1 aliphatic heterocycles. The first-order valence-electron chi connectivity index (χ1n) is 12.6. The van der Waals surface area contributed by atoms with Crippen molar-refractivity contribution in [3.63, 3.8) is 0 Å². The van der Waals surface area contributed by atoms with E-state index in [9.17, 15) is 18.8 Å². The van der Waals surface area contributed by atoms with Gasteiger partial charge in [0, 0.05) is 42.1 Å². The minimum atomic E-state index is -0.425. The lowest BCUT2D eigenvalue weighted by Gasteiger charge is -2.15. The molecule has 0 unspecified atom stereocenters. The number of hydrogen-bond donors (Lipinski definition) is 2. The third-order valence-electron chi connectivity index (χ3n) is 6.12. The van der Waals surface area contributed by atoms with E-state index in [1.54, 1.807) is 31.4 Å². The molecule has 9 heteroatoms. The Morgan fingerprint density at radius 1 is 0.974 bits per heavy atom. The minimum Gasteiger partial charge on any atom is -0.385 e. The zero-order valence-corrected chi connectivity index (χ0v) is 22.8. The van der Waals surface area contributed by atoms with Crippen molar-refractivity contribution in [3.05, 3.63) is 100 Å². The Kier molecular flexibility index (Phi) is 9.16. The highest BCUT2D eigenvalue weighted by Crippen LogP contribution is 2.37. The van der Waals surface area contributed by atoms with E-state index in [0.29, 0.717) is 40.8 Å². The molecule has 0 aromatic heterocycles. The van der Waals surface area contributed by atoms with Crippen molar-refractivity contribution in [1.29, 1.82) is 0 Å². The maximum absolute atomic E-state index is 13.4. The highest BCUT2D eigenvalue weighted by atomic mass is 32.2. The number of halogens is 1. The SMILES string of the molecule is COCCCN1C(=O)C(Nc2ccc(C(C)C)cc2)=C(Sc2cccc(NC(=O)c3ccc(F)cc3)c2)C1=O. The van der Waals surface area contributed by atoms with E-state index >= 15 is 0 Å². The molecule has 0 saturated heterocycles. The van der Waals surface area contributed by atoms with Crippen LogP contribution < -0.4 is 10.6 Å². The fraction of sp³-hybridized carbons (Fsp3) is 0.233. The Bertz CT molecular complexity index is 1390. The number of carbonyl (C=O) groups is 3. The quantitative estimate of drug-likeness (QED) is 0.225. The first-order valence-corrected chi connectivity index (χ1v) is 13.4. The zero-order valence-electron chi connectivity index (χ0n) is 22.0. The summed E-state index contributed by atoms with van der Waals surface area (Å²) in [5.74, 6) is -1.23. The van der Waals surface area contributed by atoms with Gasteiger partial charge in [0.1, 0.15) is 16.4 Å². The van der Waals surface area contributed by atoms with Crippen LogP contribution in [0.1, 0.15) is 42.1 Å². The highest BCUT2D eigenvalue weighted by Gasteiger charge is 2.38. The van der Waals surface area contributed by atoms with E-state index in [1.807, 2.05) is 24.3 Å². The van der Waals surface area contributed by atoms with Gasteiger partial charge in [-0.25, -0.2) is 4.39 Å². The van der Waals surface area contributed by atoms with Gasteiger partial charge in [-0.2, -0.15) is 0 Å². The number of nitrogens with zero attached hydrogens (tertiary/aromatic N) is 1. The molecule has 0 bridgehead atoms. The van der Waals surface area contributed by atoms with E-state index in [2.05, 4.69) is 24.5 Å². The molecular weight excluding hydrogens is 517 g/mol. The molecule has 1 heterocycles.